The van der Waals surface area contributed by atoms with Crippen LogP contribution in [0.2, 0.25) is 0 Å². The molecule has 0 N–H and O–H groups in total. The predicted molar refractivity (Wildman–Crippen MR) is 9.78 cm³/mol. The molecule has 11 heteroatoms. The molecule has 0 bridgehead atoms. The maximum Gasteiger partial charge on any atom is 1.00 e. The van der Waals surface area contributed by atoms with Crippen LogP contribution in [0.1, 0.15) is 4.28 Å². The summed E-state index contributed by atoms with van der Waals surface area (Å²) in [6.45, 7) is 0. The van der Waals surface area contributed by atoms with Crippen molar-refractivity contribution in [3.8, 4) is 0 Å². The molecule has 0 fully saturated rings. The Morgan fingerprint density at radius 3 is 0.818 bits per heavy atom. The zero-order chi connectivity index (χ0) is 4.50. The molecule has 0 aromatic heterocycles. The van der Waals surface area contributed by atoms with E-state index in [1.165, 1.54) is 0 Å². The van der Waals surface area contributed by atoms with Crippen LogP contribution < -0.4 is 341 Å². The predicted octanol–water partition coefficient (Wildman–Crippen LogP) is -21.7. The van der Waals surface area contributed by atoms with E-state index in [-0.39, 0.29) is 333 Å². The van der Waals surface area contributed by atoms with E-state index in [2.05, 4.69) is 0 Å². The minimum absolute atomic E-state index is 0. The van der Waals surface area contributed by atoms with Crippen molar-refractivity contribution in [3.05, 3.63) is 0 Å². The fraction of sp³-hybridized carbons (Fsp3) is 0. The van der Waals surface area contributed by atoms with E-state index < -0.39 is 14.5 Å². The Balaban J connectivity index is -0.00000000222. The number of rotatable bonds is 0. The van der Waals surface area contributed by atoms with Gasteiger partial charge in [-0.1, -0.05) is 0 Å². The Labute approximate surface area is 349 Å². The van der Waals surface area contributed by atoms with Gasteiger partial charge in [0.05, 0.1) is 0 Å². The third kappa shape index (κ3) is 63.5. The van der Waals surface area contributed by atoms with Crippen molar-refractivity contribution in [1.82, 2.24) is 0 Å². The molecule has 0 saturated heterocycles. The van der Waals surface area contributed by atoms with Gasteiger partial charge in [-0.25, -0.2) is 0 Å². The molecule has 0 amide bonds. The van der Waals surface area contributed by atoms with E-state index in [0.29, 0.717) is 0 Å². The summed E-state index contributed by atoms with van der Waals surface area (Å²) in [5.41, 5.74) is 0. The first-order valence-corrected chi connectivity index (χ1v) is 3.79. The normalized spacial score (nSPS) is 5.36. The van der Waals surface area contributed by atoms with Crippen LogP contribution in [0.15, 0.2) is 0 Å². The molecule has 0 aromatic rings. The van der Waals surface area contributed by atoms with Crippen LogP contribution in [0.25, 0.3) is 0 Å². The summed E-state index contributed by atoms with van der Waals surface area (Å²) in [4.78, 5) is 0. The number of hydrogen-bond acceptors (Lipinski definition) is 4. The van der Waals surface area contributed by atoms with Crippen molar-refractivity contribution in [1.29, 1.82) is 0 Å². The van der Waals surface area contributed by atoms with Crippen LogP contribution in [0, 0.1) is 0 Å². The molecule has 38 valence electrons. The first-order chi connectivity index (χ1) is 2.00. The van der Waals surface area contributed by atoms with Gasteiger partial charge in [0.15, 0.2) is 0 Å². The molecular weight excluding hydrogens is 513 g/mol. The molecular formula is H3AsK3O4Rb3. The number of hydrogen-bond donors (Lipinski definition) is 0. The molecule has 0 aromatic carbocycles. The molecule has 11 heavy (non-hydrogen) atoms. The van der Waals surface area contributed by atoms with E-state index >= 15 is 0 Å². The van der Waals surface area contributed by atoms with Crippen molar-refractivity contribution >= 4 is 14.5 Å². The van der Waals surface area contributed by atoms with Crippen LogP contribution in [0.4, 0.5) is 0 Å². The SMILES string of the molecule is O=[As]([O-])([O-])[O-].[H-].[H-].[H-].[K+].[K+].[K+].[Rb+].[Rb+].[Rb+]. The van der Waals surface area contributed by atoms with Gasteiger partial charge in [-0.3, -0.25) is 0 Å². The average Bonchev–Trinajstić information content (AvgIpc) is 0.722. The molecule has 0 rings (SSSR count). The minimum Gasteiger partial charge on any atom is -1.00 e. The molecule has 0 aliphatic heterocycles. The minimum atomic E-state index is -5.88. The topological polar surface area (TPSA) is 86.2 Å². The molecule has 0 unspecified atom stereocenters. The Hall–Kier alpha value is 10.6. The second kappa shape index (κ2) is 28.7. The smallest absolute Gasteiger partial charge is 1.00 e. The Morgan fingerprint density at radius 1 is 0.818 bits per heavy atom. The third-order valence-corrected chi connectivity index (χ3v) is 0. The van der Waals surface area contributed by atoms with Crippen LogP contribution in [0.5, 0.6) is 0 Å². The van der Waals surface area contributed by atoms with Gasteiger partial charge in [0, 0.05) is 0 Å². The first-order valence-electron chi connectivity index (χ1n) is 0.730. The largest absolute Gasteiger partial charge is 1.00 e. The Bertz CT molecular complexity index is 77.2. The van der Waals surface area contributed by atoms with Crippen molar-refractivity contribution in [2.24, 2.45) is 0 Å². The van der Waals surface area contributed by atoms with Gasteiger partial charge in [-0.05, 0) is 0 Å². The maximum absolute atomic E-state index is 8.61. The summed E-state index contributed by atoms with van der Waals surface area (Å²) in [5, 5.41) is 0. The molecule has 0 aliphatic carbocycles. The van der Waals surface area contributed by atoms with Gasteiger partial charge in [0.2, 0.25) is 0 Å². The molecule has 0 spiro atoms. The van der Waals surface area contributed by atoms with Gasteiger partial charge in [-0.15, -0.1) is 0 Å². The van der Waals surface area contributed by atoms with E-state index in [1.807, 2.05) is 0 Å². The summed E-state index contributed by atoms with van der Waals surface area (Å²) < 4.78 is 34.4. The van der Waals surface area contributed by atoms with Gasteiger partial charge in [-0.2, -0.15) is 0 Å². The summed E-state index contributed by atoms with van der Waals surface area (Å²) in [6, 6.07) is 0. The van der Waals surface area contributed by atoms with E-state index in [9.17, 15) is 0 Å². The maximum atomic E-state index is 8.61. The van der Waals surface area contributed by atoms with Gasteiger partial charge >= 0.3 is 359 Å². The molecule has 0 saturated carbocycles. The quantitative estimate of drug-likeness (QED) is 0.300. The third-order valence-electron chi connectivity index (χ3n) is 0. The van der Waals surface area contributed by atoms with Gasteiger partial charge < -0.3 is 4.28 Å². The zero-order valence-electron chi connectivity index (χ0n) is 11.1. The zero-order valence-corrected chi connectivity index (χ0v) is 34.1. The molecule has 0 aliphatic rings. The van der Waals surface area contributed by atoms with E-state index in [1.54, 1.807) is 0 Å². The van der Waals surface area contributed by atoms with Crippen molar-refractivity contribution in [3.63, 3.8) is 0 Å². The monoisotopic (exact) mass is 514 g/mol. The summed E-state index contributed by atoms with van der Waals surface area (Å²) >= 11 is -5.88. The second-order valence-electron chi connectivity index (χ2n) is 0.447. The fourth-order valence-corrected chi connectivity index (χ4v) is 0. The van der Waals surface area contributed by atoms with Crippen LogP contribution in [-0.2, 0) is 3.74 Å². The molecule has 4 nitrogen and oxygen atoms in total. The van der Waals surface area contributed by atoms with Crippen molar-refractivity contribution < 1.29 is 349 Å². The molecule has 0 atom stereocenters. The average molecular weight is 516 g/mol. The van der Waals surface area contributed by atoms with Gasteiger partial charge in [0.1, 0.15) is 0 Å². The van der Waals surface area contributed by atoms with Crippen LogP contribution in [0.3, 0.4) is 0 Å². The first kappa shape index (κ1) is 43.0. The van der Waals surface area contributed by atoms with Crippen molar-refractivity contribution in [2.45, 2.75) is 0 Å². The molecule has 0 radical (unpaired) electrons. The van der Waals surface area contributed by atoms with E-state index in [0.717, 1.165) is 0 Å². The van der Waals surface area contributed by atoms with E-state index in [4.69, 9.17) is 16.0 Å². The standard InChI is InChI=1S/AsH3O4.3K.3Rb.3H/c2-1(3,4)5;;;;;;;;;/h(H3,2,3,4,5);;;;;;;;;/q;6*+1;3*-1/p-3. The van der Waals surface area contributed by atoms with Crippen LogP contribution >= 0.6 is 0 Å². The van der Waals surface area contributed by atoms with Crippen LogP contribution in [-0.4, -0.2) is 14.5 Å². The summed E-state index contributed by atoms with van der Waals surface area (Å²) in [7, 11) is 0. The summed E-state index contributed by atoms with van der Waals surface area (Å²) in [5.74, 6) is 0. The Kier molecular flexibility index (Phi) is 112. The fourth-order valence-electron chi connectivity index (χ4n) is 0. The Morgan fingerprint density at radius 2 is 0.818 bits per heavy atom. The second-order valence-corrected chi connectivity index (χ2v) is 2.32. The molecule has 0 heterocycles. The summed E-state index contributed by atoms with van der Waals surface area (Å²) in [6.07, 6.45) is 0. The van der Waals surface area contributed by atoms with Crippen molar-refractivity contribution in [2.75, 3.05) is 0 Å². The van der Waals surface area contributed by atoms with Gasteiger partial charge in [0.25, 0.3) is 0 Å².